The normalized spacial score (nSPS) is 20.4. The van der Waals surface area contributed by atoms with Gasteiger partial charge in [-0.25, -0.2) is 4.79 Å². The first-order valence-electron chi connectivity index (χ1n) is 10.0. The largest absolute Gasteiger partial charge is 0.479 e. The Morgan fingerprint density at radius 2 is 1.90 bits per heavy atom. The second-order valence-electron chi connectivity index (χ2n) is 7.53. The smallest absolute Gasteiger partial charge is 0.321 e. The number of rotatable bonds is 3. The molecule has 1 fully saturated rings. The summed E-state index contributed by atoms with van der Waals surface area (Å²) in [5.41, 5.74) is 1.83. The molecule has 2 aromatic carbocycles. The topological polar surface area (TPSA) is 99.8 Å². The van der Waals surface area contributed by atoms with Crippen molar-refractivity contribution < 1.29 is 19.1 Å². The second-order valence-corrected chi connectivity index (χ2v) is 7.53. The van der Waals surface area contributed by atoms with Gasteiger partial charge in [0.2, 0.25) is 5.91 Å². The van der Waals surface area contributed by atoms with E-state index in [0.29, 0.717) is 36.6 Å². The summed E-state index contributed by atoms with van der Waals surface area (Å²) in [5.74, 6) is -0.106. The number of nitrogens with one attached hydrogen (secondary N) is 3. The summed E-state index contributed by atoms with van der Waals surface area (Å²) in [5, 5.41) is 8.53. The molecule has 0 aromatic heterocycles. The summed E-state index contributed by atoms with van der Waals surface area (Å²) >= 11 is 0. The van der Waals surface area contributed by atoms with Crippen LogP contribution in [-0.4, -0.2) is 41.9 Å². The number of hydrogen-bond acceptors (Lipinski definition) is 4. The van der Waals surface area contributed by atoms with Crippen LogP contribution in [0.3, 0.4) is 0 Å². The van der Waals surface area contributed by atoms with Gasteiger partial charge in [0.05, 0.1) is 11.6 Å². The van der Waals surface area contributed by atoms with E-state index in [9.17, 15) is 14.4 Å². The molecule has 2 atom stereocenters. The van der Waals surface area contributed by atoms with E-state index in [1.165, 1.54) is 0 Å². The number of likely N-dealkylation sites (tertiary alicyclic amines) is 1. The van der Waals surface area contributed by atoms with Gasteiger partial charge in [-0.1, -0.05) is 18.2 Å². The molecule has 3 N–H and O–H groups in total. The van der Waals surface area contributed by atoms with Crippen molar-refractivity contribution in [3.8, 4) is 5.75 Å². The highest BCUT2D eigenvalue weighted by atomic mass is 16.5. The number of amides is 4. The third-order valence-corrected chi connectivity index (χ3v) is 5.28. The standard InChI is InChI=1S/C22H24N4O4/c1-14-20(27)25-18-12-17(9-10-19(18)30-14)23-21(28)15-6-5-11-26(13-15)22(29)24-16-7-3-2-4-8-16/h2-4,7-10,12,14-15H,5-6,11,13H2,1H3,(H,23,28)(H,24,29)(H,25,27)/t14-,15+/m1/s1. The van der Waals surface area contributed by atoms with Gasteiger partial charge >= 0.3 is 6.03 Å². The van der Waals surface area contributed by atoms with Gasteiger partial charge in [-0.15, -0.1) is 0 Å². The monoisotopic (exact) mass is 408 g/mol. The molecule has 156 valence electrons. The predicted octanol–water partition coefficient (Wildman–Crippen LogP) is 3.29. The Bertz CT molecular complexity index is 963. The molecule has 4 amide bonds. The number of hydrogen-bond donors (Lipinski definition) is 3. The number of benzene rings is 2. The quantitative estimate of drug-likeness (QED) is 0.726. The molecule has 0 unspecified atom stereocenters. The Morgan fingerprint density at radius 1 is 1.10 bits per heavy atom. The van der Waals surface area contributed by atoms with Crippen molar-refractivity contribution in [2.75, 3.05) is 29.0 Å². The van der Waals surface area contributed by atoms with Crippen molar-refractivity contribution in [3.63, 3.8) is 0 Å². The summed E-state index contributed by atoms with van der Waals surface area (Å²) in [6, 6.07) is 14.2. The Labute approximate surface area is 174 Å². The molecule has 30 heavy (non-hydrogen) atoms. The highest BCUT2D eigenvalue weighted by molar-refractivity contribution is 5.99. The van der Waals surface area contributed by atoms with Gasteiger partial charge in [-0.3, -0.25) is 9.59 Å². The molecular weight excluding hydrogens is 384 g/mol. The third kappa shape index (κ3) is 4.37. The van der Waals surface area contributed by atoms with E-state index in [-0.39, 0.29) is 23.8 Å². The number of ether oxygens (including phenoxy) is 1. The number of piperidine rings is 1. The molecule has 0 aliphatic carbocycles. The molecule has 1 saturated heterocycles. The molecule has 2 aromatic rings. The fraction of sp³-hybridized carbons (Fsp3) is 0.318. The van der Waals surface area contributed by atoms with Crippen LogP contribution in [-0.2, 0) is 9.59 Å². The third-order valence-electron chi connectivity index (χ3n) is 5.28. The minimum Gasteiger partial charge on any atom is -0.479 e. The van der Waals surface area contributed by atoms with Gasteiger partial charge in [0, 0.05) is 24.5 Å². The van der Waals surface area contributed by atoms with Crippen molar-refractivity contribution in [2.45, 2.75) is 25.9 Å². The SMILES string of the molecule is C[C@H]1Oc2ccc(NC(=O)[C@H]3CCCN(C(=O)Nc4ccccc4)C3)cc2NC1=O. The molecule has 2 aliphatic rings. The van der Waals surface area contributed by atoms with Crippen LogP contribution in [0.25, 0.3) is 0 Å². The highest BCUT2D eigenvalue weighted by Gasteiger charge is 2.29. The lowest BCUT2D eigenvalue weighted by molar-refractivity contribution is -0.123. The van der Waals surface area contributed by atoms with Crippen LogP contribution >= 0.6 is 0 Å². The van der Waals surface area contributed by atoms with E-state index in [4.69, 9.17) is 4.74 Å². The van der Waals surface area contributed by atoms with Crippen molar-refractivity contribution >= 4 is 34.9 Å². The minimum atomic E-state index is -0.548. The van der Waals surface area contributed by atoms with E-state index in [1.807, 2.05) is 30.3 Å². The van der Waals surface area contributed by atoms with Crippen molar-refractivity contribution in [3.05, 3.63) is 48.5 Å². The molecule has 2 aliphatic heterocycles. The van der Waals surface area contributed by atoms with Crippen LogP contribution in [0.2, 0.25) is 0 Å². The summed E-state index contributed by atoms with van der Waals surface area (Å²) in [7, 11) is 0. The molecule has 0 saturated carbocycles. The van der Waals surface area contributed by atoms with E-state index in [0.717, 1.165) is 12.1 Å². The molecule has 8 heteroatoms. The van der Waals surface area contributed by atoms with Crippen LogP contribution in [0.4, 0.5) is 21.9 Å². The second kappa shape index (κ2) is 8.44. The lowest BCUT2D eigenvalue weighted by atomic mass is 9.97. The first-order chi connectivity index (χ1) is 14.5. The predicted molar refractivity (Wildman–Crippen MR) is 114 cm³/mol. The molecule has 0 bridgehead atoms. The Morgan fingerprint density at radius 3 is 2.70 bits per heavy atom. The molecular formula is C22H24N4O4. The Balaban J connectivity index is 1.37. The van der Waals surface area contributed by atoms with Gasteiger partial charge < -0.3 is 25.6 Å². The Hall–Kier alpha value is -3.55. The van der Waals surface area contributed by atoms with E-state index in [2.05, 4.69) is 16.0 Å². The molecule has 2 heterocycles. The number of fused-ring (bicyclic) bond motifs is 1. The number of carbonyl (C=O) groups excluding carboxylic acids is 3. The molecule has 0 radical (unpaired) electrons. The first kappa shape index (κ1) is 19.8. The van der Waals surface area contributed by atoms with Gasteiger partial charge in [-0.2, -0.15) is 0 Å². The maximum absolute atomic E-state index is 12.8. The molecule has 0 spiro atoms. The maximum Gasteiger partial charge on any atom is 0.321 e. The highest BCUT2D eigenvalue weighted by Crippen LogP contribution is 2.32. The van der Waals surface area contributed by atoms with E-state index >= 15 is 0 Å². The molecule has 4 rings (SSSR count). The zero-order chi connectivity index (χ0) is 21.1. The summed E-state index contributed by atoms with van der Waals surface area (Å²) in [4.78, 5) is 38.8. The van der Waals surface area contributed by atoms with Gasteiger partial charge in [-0.05, 0) is 50.1 Å². The fourth-order valence-electron chi connectivity index (χ4n) is 3.63. The number of nitrogens with zero attached hydrogens (tertiary/aromatic N) is 1. The average Bonchev–Trinajstić information content (AvgIpc) is 2.75. The van der Waals surface area contributed by atoms with Crippen LogP contribution in [0.5, 0.6) is 5.75 Å². The first-order valence-corrected chi connectivity index (χ1v) is 10.0. The fourth-order valence-corrected chi connectivity index (χ4v) is 3.63. The van der Waals surface area contributed by atoms with Crippen LogP contribution in [0, 0.1) is 5.92 Å². The minimum absolute atomic E-state index is 0.149. The number of para-hydroxylation sites is 1. The zero-order valence-corrected chi connectivity index (χ0v) is 16.7. The lowest BCUT2D eigenvalue weighted by Gasteiger charge is -2.32. The van der Waals surface area contributed by atoms with Gasteiger partial charge in [0.1, 0.15) is 5.75 Å². The zero-order valence-electron chi connectivity index (χ0n) is 16.7. The van der Waals surface area contributed by atoms with Gasteiger partial charge in [0.25, 0.3) is 5.91 Å². The number of urea groups is 1. The summed E-state index contributed by atoms with van der Waals surface area (Å²) in [6.07, 6.45) is 0.920. The van der Waals surface area contributed by atoms with Crippen LogP contribution in [0.15, 0.2) is 48.5 Å². The average molecular weight is 408 g/mol. The van der Waals surface area contributed by atoms with Crippen molar-refractivity contribution in [1.82, 2.24) is 4.90 Å². The number of anilines is 3. The van der Waals surface area contributed by atoms with Crippen molar-refractivity contribution in [2.24, 2.45) is 5.92 Å². The Kier molecular flexibility index (Phi) is 5.56. The lowest BCUT2D eigenvalue weighted by Crippen LogP contribution is -2.45. The van der Waals surface area contributed by atoms with E-state index in [1.54, 1.807) is 30.0 Å². The van der Waals surface area contributed by atoms with E-state index < -0.39 is 6.10 Å². The molecule has 8 nitrogen and oxygen atoms in total. The summed E-state index contributed by atoms with van der Waals surface area (Å²) < 4.78 is 5.53. The van der Waals surface area contributed by atoms with Crippen LogP contribution in [0.1, 0.15) is 19.8 Å². The maximum atomic E-state index is 12.8. The van der Waals surface area contributed by atoms with Crippen molar-refractivity contribution in [1.29, 1.82) is 0 Å². The van der Waals surface area contributed by atoms with Crippen LogP contribution < -0.4 is 20.7 Å². The number of carbonyl (C=O) groups is 3. The summed E-state index contributed by atoms with van der Waals surface area (Å²) in [6.45, 7) is 2.65. The van der Waals surface area contributed by atoms with Gasteiger partial charge in [0.15, 0.2) is 6.10 Å².